The fraction of sp³-hybridized carbons (Fsp3) is 0.160. The van der Waals surface area contributed by atoms with Gasteiger partial charge in [-0.3, -0.25) is 9.20 Å². The Balaban J connectivity index is 1.71. The van der Waals surface area contributed by atoms with E-state index in [9.17, 15) is 9.59 Å². The number of nitrogens with one attached hydrogen (secondary N) is 3. The van der Waals surface area contributed by atoms with Crippen LogP contribution >= 0.6 is 23.2 Å². The molecular formula is C25H24Cl2N6O3. The van der Waals surface area contributed by atoms with Crippen molar-refractivity contribution in [1.82, 2.24) is 14.7 Å². The third-order valence-electron chi connectivity index (χ3n) is 5.33. The number of nitrogens with two attached hydrogens (primary N) is 1. The van der Waals surface area contributed by atoms with Crippen LogP contribution in [0.15, 0.2) is 54.7 Å². The van der Waals surface area contributed by atoms with Gasteiger partial charge in [-0.25, -0.2) is 9.78 Å². The average molecular weight is 527 g/mol. The van der Waals surface area contributed by atoms with Gasteiger partial charge in [0.05, 0.1) is 47.0 Å². The number of methoxy groups -OCH3 is 1. The zero-order chi connectivity index (χ0) is 25.8. The van der Waals surface area contributed by atoms with E-state index in [1.807, 2.05) is 19.1 Å². The summed E-state index contributed by atoms with van der Waals surface area (Å²) in [7, 11) is 1.57. The highest BCUT2D eigenvalue weighted by Crippen LogP contribution is 2.33. The SMILES string of the molecule is CCNC(=O)Nc1ccc(-c2ccc(OC)cc2Cl)n2cc(CC(=O)Nc3ccc(Cl)cc3N)nc12. The molecule has 0 aliphatic heterocycles. The van der Waals surface area contributed by atoms with Gasteiger partial charge in [0.15, 0.2) is 5.65 Å². The van der Waals surface area contributed by atoms with Gasteiger partial charge < -0.3 is 26.4 Å². The van der Waals surface area contributed by atoms with Crippen LogP contribution in [0.1, 0.15) is 12.6 Å². The van der Waals surface area contributed by atoms with Crippen molar-refractivity contribution in [2.24, 2.45) is 0 Å². The molecule has 4 rings (SSSR count). The standard InChI is InChI=1S/C25H24Cl2N6O3/c1-3-29-25(35)32-21-8-9-22(17-6-5-16(36-2)12-18(17)27)33-13-15(30-24(21)33)11-23(34)31-20-7-4-14(26)10-19(20)28/h4-10,12-13H,3,11,28H2,1-2H3,(H,31,34)(H2,29,32,35). The van der Waals surface area contributed by atoms with Crippen LogP contribution in [0.2, 0.25) is 10.0 Å². The van der Waals surface area contributed by atoms with E-state index in [4.69, 9.17) is 33.7 Å². The molecule has 2 aromatic carbocycles. The van der Waals surface area contributed by atoms with Crippen molar-refractivity contribution in [3.8, 4) is 17.0 Å². The van der Waals surface area contributed by atoms with E-state index in [1.54, 1.807) is 54.1 Å². The maximum Gasteiger partial charge on any atom is 0.319 e. The summed E-state index contributed by atoms with van der Waals surface area (Å²) in [6, 6.07) is 13.4. The van der Waals surface area contributed by atoms with E-state index in [1.165, 1.54) is 0 Å². The summed E-state index contributed by atoms with van der Waals surface area (Å²) in [5.41, 5.74) is 9.63. The summed E-state index contributed by atoms with van der Waals surface area (Å²) in [4.78, 5) is 29.6. The molecule has 0 fully saturated rings. The molecule has 11 heteroatoms. The molecule has 3 amide bonds. The van der Waals surface area contributed by atoms with Crippen LogP contribution in [0, 0.1) is 0 Å². The lowest BCUT2D eigenvalue weighted by molar-refractivity contribution is -0.115. The molecule has 4 aromatic rings. The Morgan fingerprint density at radius 1 is 1.06 bits per heavy atom. The highest BCUT2D eigenvalue weighted by atomic mass is 35.5. The molecule has 0 atom stereocenters. The van der Waals surface area contributed by atoms with E-state index in [0.717, 1.165) is 11.3 Å². The van der Waals surface area contributed by atoms with Crippen molar-refractivity contribution >= 4 is 57.8 Å². The van der Waals surface area contributed by atoms with Crippen LogP contribution < -0.4 is 26.4 Å². The summed E-state index contributed by atoms with van der Waals surface area (Å²) in [6.07, 6.45) is 1.71. The van der Waals surface area contributed by atoms with Crippen LogP contribution in [0.3, 0.4) is 0 Å². The number of benzene rings is 2. The summed E-state index contributed by atoms with van der Waals surface area (Å²) in [5, 5.41) is 9.22. The number of amides is 3. The fourth-order valence-corrected chi connectivity index (χ4v) is 4.13. The first-order valence-electron chi connectivity index (χ1n) is 11.0. The van der Waals surface area contributed by atoms with Crippen molar-refractivity contribution in [3.05, 3.63) is 70.5 Å². The minimum atomic E-state index is -0.366. The number of anilines is 3. The number of hydrogen-bond donors (Lipinski definition) is 4. The molecule has 0 saturated carbocycles. The van der Waals surface area contributed by atoms with Crippen LogP contribution in [-0.2, 0) is 11.2 Å². The van der Waals surface area contributed by atoms with Crippen LogP contribution in [0.25, 0.3) is 16.9 Å². The van der Waals surface area contributed by atoms with Crippen molar-refractivity contribution in [2.75, 3.05) is 30.0 Å². The van der Waals surface area contributed by atoms with Crippen LogP contribution in [0.4, 0.5) is 21.9 Å². The van der Waals surface area contributed by atoms with Gasteiger partial charge in [-0.15, -0.1) is 0 Å². The van der Waals surface area contributed by atoms with Gasteiger partial charge >= 0.3 is 6.03 Å². The normalized spacial score (nSPS) is 10.8. The van der Waals surface area contributed by atoms with Crippen LogP contribution in [-0.4, -0.2) is 35.0 Å². The molecule has 0 radical (unpaired) electrons. The molecule has 0 unspecified atom stereocenters. The summed E-state index contributed by atoms with van der Waals surface area (Å²) < 4.78 is 7.04. The Bertz CT molecular complexity index is 1450. The fourth-order valence-electron chi connectivity index (χ4n) is 3.69. The quantitative estimate of drug-likeness (QED) is 0.246. The van der Waals surface area contributed by atoms with Gasteiger partial charge in [0.25, 0.3) is 0 Å². The molecule has 0 saturated heterocycles. The number of aromatic nitrogens is 2. The number of nitrogens with zero attached hydrogens (tertiary/aromatic N) is 2. The highest BCUT2D eigenvalue weighted by molar-refractivity contribution is 6.33. The molecule has 5 N–H and O–H groups in total. The summed E-state index contributed by atoms with van der Waals surface area (Å²) in [6.45, 7) is 2.29. The molecule has 2 heterocycles. The third kappa shape index (κ3) is 5.48. The first-order chi connectivity index (χ1) is 17.3. The van der Waals surface area contributed by atoms with Gasteiger partial charge in [-0.2, -0.15) is 0 Å². The molecule has 2 aromatic heterocycles. The van der Waals surface area contributed by atoms with Crippen LogP contribution in [0.5, 0.6) is 5.75 Å². The van der Waals surface area contributed by atoms with Gasteiger partial charge in [0.1, 0.15) is 5.75 Å². The van der Waals surface area contributed by atoms with E-state index < -0.39 is 0 Å². The monoisotopic (exact) mass is 526 g/mol. The minimum Gasteiger partial charge on any atom is -0.497 e. The number of pyridine rings is 1. The number of carbonyl (C=O) groups excluding carboxylic acids is 2. The maximum atomic E-state index is 12.8. The number of fused-ring (bicyclic) bond motifs is 1. The number of ether oxygens (including phenoxy) is 1. The van der Waals surface area contributed by atoms with Crippen molar-refractivity contribution in [3.63, 3.8) is 0 Å². The van der Waals surface area contributed by atoms with E-state index in [-0.39, 0.29) is 18.4 Å². The number of rotatable bonds is 7. The minimum absolute atomic E-state index is 0.0277. The van der Waals surface area contributed by atoms with Crippen molar-refractivity contribution in [2.45, 2.75) is 13.3 Å². The van der Waals surface area contributed by atoms with E-state index >= 15 is 0 Å². The molecule has 186 valence electrons. The zero-order valence-electron chi connectivity index (χ0n) is 19.6. The van der Waals surface area contributed by atoms with Crippen molar-refractivity contribution in [1.29, 1.82) is 0 Å². The maximum absolute atomic E-state index is 12.8. The Labute approximate surface area is 217 Å². The molecule has 0 aliphatic rings. The van der Waals surface area contributed by atoms with Gasteiger partial charge in [-0.05, 0) is 55.5 Å². The summed E-state index contributed by atoms with van der Waals surface area (Å²) >= 11 is 12.5. The van der Waals surface area contributed by atoms with Gasteiger partial charge in [0, 0.05) is 23.3 Å². The predicted molar refractivity (Wildman–Crippen MR) is 143 cm³/mol. The lowest BCUT2D eigenvalue weighted by atomic mass is 10.1. The number of carbonyl (C=O) groups is 2. The Morgan fingerprint density at radius 2 is 1.83 bits per heavy atom. The third-order valence-corrected chi connectivity index (χ3v) is 5.88. The number of nitrogen functional groups attached to an aromatic ring is 1. The number of imidazole rings is 1. The second-order valence-electron chi connectivity index (χ2n) is 7.84. The average Bonchev–Trinajstić information content (AvgIpc) is 3.25. The zero-order valence-corrected chi connectivity index (χ0v) is 21.1. The molecule has 0 spiro atoms. The lowest BCUT2D eigenvalue weighted by Gasteiger charge is -2.12. The first-order valence-corrected chi connectivity index (χ1v) is 11.8. The summed E-state index contributed by atoms with van der Waals surface area (Å²) in [5.74, 6) is 0.314. The lowest BCUT2D eigenvalue weighted by Crippen LogP contribution is -2.28. The molecule has 0 bridgehead atoms. The molecule has 36 heavy (non-hydrogen) atoms. The number of urea groups is 1. The topological polar surface area (TPSA) is 123 Å². The Kier molecular flexibility index (Phi) is 7.52. The largest absolute Gasteiger partial charge is 0.497 e. The predicted octanol–water partition coefficient (Wildman–Crippen LogP) is 5.22. The Hall–Kier alpha value is -3.95. The van der Waals surface area contributed by atoms with E-state index in [2.05, 4.69) is 20.9 Å². The number of halogens is 2. The molecule has 0 aliphatic carbocycles. The van der Waals surface area contributed by atoms with E-state index in [0.29, 0.717) is 50.7 Å². The first kappa shape index (κ1) is 25.2. The highest BCUT2D eigenvalue weighted by Gasteiger charge is 2.17. The van der Waals surface area contributed by atoms with Gasteiger partial charge in [0.2, 0.25) is 5.91 Å². The second-order valence-corrected chi connectivity index (χ2v) is 8.69. The Morgan fingerprint density at radius 3 is 2.53 bits per heavy atom. The molecular weight excluding hydrogens is 503 g/mol. The van der Waals surface area contributed by atoms with Crippen molar-refractivity contribution < 1.29 is 14.3 Å². The molecule has 9 nitrogen and oxygen atoms in total. The second kappa shape index (κ2) is 10.8. The number of hydrogen-bond acceptors (Lipinski definition) is 5. The smallest absolute Gasteiger partial charge is 0.319 e. The van der Waals surface area contributed by atoms with Gasteiger partial charge in [-0.1, -0.05) is 23.2 Å².